The fourth-order valence-corrected chi connectivity index (χ4v) is 2.11. The monoisotopic (exact) mass is 309 g/mol. The van der Waals surface area contributed by atoms with E-state index in [0.717, 1.165) is 0 Å². The maximum Gasteiger partial charge on any atom is 0.299 e. The van der Waals surface area contributed by atoms with E-state index in [4.69, 9.17) is 0 Å². The third kappa shape index (κ3) is 2.71. The zero-order chi connectivity index (χ0) is 16.4. The van der Waals surface area contributed by atoms with Gasteiger partial charge in [0.15, 0.2) is 11.5 Å². The van der Waals surface area contributed by atoms with Gasteiger partial charge < -0.3 is 5.32 Å². The molecule has 0 aliphatic heterocycles. The summed E-state index contributed by atoms with van der Waals surface area (Å²) in [5.74, 6) is -0.115. The highest BCUT2D eigenvalue weighted by atomic mass is 16.2. The first-order valence-corrected chi connectivity index (χ1v) is 6.95. The van der Waals surface area contributed by atoms with Crippen LogP contribution in [0.25, 0.3) is 11.4 Å². The molecule has 2 N–H and O–H groups in total. The number of nitrogens with one attached hydrogen (secondary N) is 2. The van der Waals surface area contributed by atoms with Gasteiger partial charge in [-0.25, -0.2) is 9.36 Å². The summed E-state index contributed by atoms with van der Waals surface area (Å²) >= 11 is 0. The van der Waals surface area contributed by atoms with E-state index in [-0.39, 0.29) is 23.0 Å². The Labute approximate surface area is 131 Å². The fourth-order valence-electron chi connectivity index (χ4n) is 2.11. The van der Waals surface area contributed by atoms with Gasteiger partial charge in [-0.05, 0) is 25.1 Å². The van der Waals surface area contributed by atoms with Gasteiger partial charge in [-0.3, -0.25) is 14.7 Å². The van der Waals surface area contributed by atoms with Crippen LogP contribution in [0.2, 0.25) is 0 Å². The Bertz CT molecular complexity index is 904. The van der Waals surface area contributed by atoms with Crippen molar-refractivity contribution in [2.45, 2.75) is 6.92 Å². The molecule has 2 heterocycles. The van der Waals surface area contributed by atoms with Crippen molar-refractivity contribution in [3.63, 3.8) is 0 Å². The molecular formula is C16H15N5O2. The van der Waals surface area contributed by atoms with E-state index in [1.165, 1.54) is 9.36 Å². The average Bonchev–Trinajstić information content (AvgIpc) is 3.16. The molecule has 0 spiro atoms. The lowest BCUT2D eigenvalue weighted by molar-refractivity contribution is -0.112. The number of H-pyrrole nitrogens is 1. The molecule has 1 aromatic carbocycles. The summed E-state index contributed by atoms with van der Waals surface area (Å²) in [6, 6.07) is 10.8. The van der Waals surface area contributed by atoms with Crippen molar-refractivity contribution in [1.82, 2.24) is 19.6 Å². The quantitative estimate of drug-likeness (QED) is 0.721. The largest absolute Gasteiger partial charge is 0.305 e. The zero-order valence-electron chi connectivity index (χ0n) is 12.5. The van der Waals surface area contributed by atoms with Gasteiger partial charge in [0.1, 0.15) is 0 Å². The van der Waals surface area contributed by atoms with E-state index in [9.17, 15) is 9.59 Å². The molecule has 0 aliphatic rings. The predicted molar refractivity (Wildman–Crippen MR) is 87.0 cm³/mol. The first kappa shape index (κ1) is 14.6. The number of anilines is 1. The molecule has 0 saturated heterocycles. The molecule has 23 heavy (non-hydrogen) atoms. The smallest absolute Gasteiger partial charge is 0.299 e. The molecule has 7 heteroatoms. The molecule has 0 aliphatic carbocycles. The third-order valence-corrected chi connectivity index (χ3v) is 3.24. The molecule has 0 unspecified atom stereocenters. The zero-order valence-corrected chi connectivity index (χ0v) is 12.5. The topological polar surface area (TPSA) is 84.7 Å². The molecule has 3 aromatic rings. The van der Waals surface area contributed by atoms with Gasteiger partial charge in [0.25, 0.3) is 11.5 Å². The highest BCUT2D eigenvalue weighted by Crippen LogP contribution is 2.16. The summed E-state index contributed by atoms with van der Waals surface area (Å²) in [5, 5.41) is 9.64. The van der Waals surface area contributed by atoms with Gasteiger partial charge in [0.2, 0.25) is 0 Å². The van der Waals surface area contributed by atoms with E-state index < -0.39 is 0 Å². The lowest BCUT2D eigenvalue weighted by Crippen LogP contribution is -2.19. The number of carbonyl (C=O) groups is 1. The van der Waals surface area contributed by atoms with E-state index in [1.54, 1.807) is 37.5 Å². The number of para-hydroxylation sites is 1. The molecule has 0 bridgehead atoms. The van der Waals surface area contributed by atoms with Gasteiger partial charge in [-0.1, -0.05) is 24.8 Å². The Kier molecular flexibility index (Phi) is 3.68. The molecule has 0 saturated carbocycles. The summed E-state index contributed by atoms with van der Waals surface area (Å²) < 4.78 is 2.76. The molecule has 3 rings (SSSR count). The minimum Gasteiger partial charge on any atom is -0.305 e. The maximum atomic E-state index is 12.7. The van der Waals surface area contributed by atoms with Gasteiger partial charge in [-0.2, -0.15) is 5.10 Å². The lowest BCUT2D eigenvalue weighted by Gasteiger charge is -2.04. The molecule has 116 valence electrons. The summed E-state index contributed by atoms with van der Waals surface area (Å²) in [4.78, 5) is 24.7. The van der Waals surface area contributed by atoms with Gasteiger partial charge in [0, 0.05) is 18.0 Å². The van der Waals surface area contributed by atoms with Crippen LogP contribution in [0.4, 0.5) is 5.82 Å². The molecule has 7 nitrogen and oxygen atoms in total. The number of aromatic nitrogens is 4. The highest BCUT2D eigenvalue weighted by Gasteiger charge is 2.19. The van der Waals surface area contributed by atoms with E-state index in [0.29, 0.717) is 11.3 Å². The van der Waals surface area contributed by atoms with Gasteiger partial charge in [0.05, 0.1) is 5.69 Å². The van der Waals surface area contributed by atoms with Crippen LogP contribution in [0.3, 0.4) is 0 Å². The molecule has 0 atom stereocenters. The van der Waals surface area contributed by atoms with Crippen LogP contribution in [0.5, 0.6) is 0 Å². The van der Waals surface area contributed by atoms with E-state index in [2.05, 4.69) is 22.1 Å². The number of aromatic amines is 1. The number of hydrogen-bond donors (Lipinski definition) is 2. The van der Waals surface area contributed by atoms with Crippen molar-refractivity contribution >= 4 is 11.7 Å². The Morgan fingerprint density at radius 1 is 1.26 bits per heavy atom. The predicted octanol–water partition coefficient (Wildman–Crippen LogP) is 1.87. The van der Waals surface area contributed by atoms with Crippen LogP contribution in [0.15, 0.2) is 65.7 Å². The number of hydrogen-bond acceptors (Lipinski definition) is 3. The molecule has 1 amide bonds. The van der Waals surface area contributed by atoms with E-state index >= 15 is 0 Å². The van der Waals surface area contributed by atoms with Crippen molar-refractivity contribution in [2.75, 3.05) is 5.32 Å². The fraction of sp³-hybridized carbons (Fsp3) is 0.0625. The molecule has 0 radical (unpaired) electrons. The number of nitrogens with zero attached hydrogens (tertiary/aromatic N) is 3. The second-order valence-corrected chi connectivity index (χ2v) is 5.00. The van der Waals surface area contributed by atoms with Crippen molar-refractivity contribution in [2.24, 2.45) is 0 Å². The van der Waals surface area contributed by atoms with Crippen LogP contribution in [-0.4, -0.2) is 25.5 Å². The normalized spacial score (nSPS) is 10.5. The van der Waals surface area contributed by atoms with Crippen LogP contribution in [-0.2, 0) is 4.79 Å². The standard InChI is InChI=1S/C16H15N5O2/c1-11(2)15(22)18-14-13(20-10-6-9-17-20)16(23)21(19-14)12-7-4-3-5-8-12/h3-10,19H,1H2,2H3,(H,18,22). The van der Waals surface area contributed by atoms with Crippen LogP contribution in [0.1, 0.15) is 6.92 Å². The van der Waals surface area contributed by atoms with Crippen LogP contribution < -0.4 is 10.9 Å². The Morgan fingerprint density at radius 3 is 2.61 bits per heavy atom. The summed E-state index contributed by atoms with van der Waals surface area (Å²) in [6.45, 7) is 5.19. The molecule has 2 aromatic heterocycles. The summed E-state index contributed by atoms with van der Waals surface area (Å²) in [5.41, 5.74) is 0.900. The maximum absolute atomic E-state index is 12.7. The minimum absolute atomic E-state index is 0.230. The lowest BCUT2D eigenvalue weighted by atomic mass is 10.3. The van der Waals surface area contributed by atoms with Gasteiger partial charge in [-0.15, -0.1) is 0 Å². The molecular weight excluding hydrogens is 294 g/mol. The van der Waals surface area contributed by atoms with Crippen molar-refractivity contribution < 1.29 is 4.79 Å². The van der Waals surface area contributed by atoms with Gasteiger partial charge >= 0.3 is 0 Å². The summed E-state index contributed by atoms with van der Waals surface area (Å²) in [6.07, 6.45) is 3.19. The van der Waals surface area contributed by atoms with Crippen molar-refractivity contribution in [1.29, 1.82) is 0 Å². The molecule has 0 fully saturated rings. The number of amides is 1. The Hall–Kier alpha value is -3.35. The van der Waals surface area contributed by atoms with Crippen molar-refractivity contribution in [3.05, 3.63) is 71.3 Å². The number of benzene rings is 1. The number of rotatable bonds is 4. The van der Waals surface area contributed by atoms with Crippen LogP contribution in [0, 0.1) is 0 Å². The first-order valence-electron chi connectivity index (χ1n) is 6.95. The second kappa shape index (κ2) is 5.80. The van der Waals surface area contributed by atoms with E-state index in [1.807, 2.05) is 18.2 Å². The average molecular weight is 309 g/mol. The minimum atomic E-state index is -0.375. The Morgan fingerprint density at radius 2 is 2.00 bits per heavy atom. The van der Waals surface area contributed by atoms with Crippen LogP contribution >= 0.6 is 0 Å². The highest BCUT2D eigenvalue weighted by molar-refractivity contribution is 6.03. The summed E-state index contributed by atoms with van der Waals surface area (Å²) in [7, 11) is 0. The van der Waals surface area contributed by atoms with Crippen molar-refractivity contribution in [3.8, 4) is 11.4 Å². The number of carbonyl (C=O) groups excluding carboxylic acids is 1. The first-order chi connectivity index (χ1) is 11.1. The third-order valence-electron chi connectivity index (χ3n) is 3.24. The second-order valence-electron chi connectivity index (χ2n) is 5.00. The Balaban J connectivity index is 2.16. The SMILES string of the molecule is C=C(C)C(=O)Nc1[nH]n(-c2ccccc2)c(=O)c1-n1cccn1.